The molecule has 1 aromatic heterocycles. The predicted molar refractivity (Wildman–Crippen MR) is 79.7 cm³/mol. The van der Waals surface area contributed by atoms with Crippen molar-refractivity contribution in [2.75, 3.05) is 23.8 Å². The molecule has 1 rings (SSSR count). The molecule has 0 aliphatic carbocycles. The van der Waals surface area contributed by atoms with E-state index in [9.17, 15) is 4.79 Å². The van der Waals surface area contributed by atoms with Crippen LogP contribution in [0.15, 0.2) is 0 Å². The summed E-state index contributed by atoms with van der Waals surface area (Å²) in [4.78, 5) is 16.1. The van der Waals surface area contributed by atoms with Gasteiger partial charge in [-0.1, -0.05) is 13.8 Å². The van der Waals surface area contributed by atoms with Crippen molar-refractivity contribution in [1.29, 1.82) is 0 Å². The van der Waals surface area contributed by atoms with Crippen LogP contribution in [0.2, 0.25) is 0 Å². The molecule has 0 aliphatic rings. The number of anilines is 1. The number of hydrogen-bond donors (Lipinski definition) is 1. The zero-order valence-electron chi connectivity index (χ0n) is 12.1. The van der Waals surface area contributed by atoms with Crippen LogP contribution >= 0.6 is 11.8 Å². The van der Waals surface area contributed by atoms with Crippen molar-refractivity contribution < 1.29 is 9.53 Å². The van der Waals surface area contributed by atoms with E-state index in [0.29, 0.717) is 12.4 Å². The molecule has 108 valence electrons. The first-order valence-corrected chi connectivity index (χ1v) is 7.83. The van der Waals surface area contributed by atoms with Crippen molar-refractivity contribution in [3.05, 3.63) is 11.5 Å². The van der Waals surface area contributed by atoms with Gasteiger partial charge in [-0.15, -0.1) is 0 Å². The number of imidazole rings is 1. The third-order valence-electron chi connectivity index (χ3n) is 2.81. The summed E-state index contributed by atoms with van der Waals surface area (Å²) in [5.74, 6) is 2.82. The van der Waals surface area contributed by atoms with Gasteiger partial charge in [-0.05, 0) is 19.6 Å². The van der Waals surface area contributed by atoms with Crippen molar-refractivity contribution in [3.8, 4) is 0 Å². The Balaban J connectivity index is 3.06. The topological polar surface area (TPSA) is 70.1 Å². The van der Waals surface area contributed by atoms with Crippen LogP contribution in [-0.4, -0.2) is 33.6 Å². The molecule has 1 unspecified atom stereocenters. The maximum Gasteiger partial charge on any atom is 0.360 e. The van der Waals surface area contributed by atoms with E-state index in [1.807, 2.05) is 23.3 Å². The number of aromatic nitrogens is 2. The van der Waals surface area contributed by atoms with Gasteiger partial charge < -0.3 is 15.0 Å². The van der Waals surface area contributed by atoms with Gasteiger partial charge >= 0.3 is 5.97 Å². The number of carbonyl (C=O) groups excluding carboxylic acids is 1. The molecule has 0 saturated carbocycles. The van der Waals surface area contributed by atoms with E-state index < -0.39 is 5.97 Å². The van der Waals surface area contributed by atoms with E-state index in [1.54, 1.807) is 6.92 Å². The van der Waals surface area contributed by atoms with Gasteiger partial charge in [0.05, 0.1) is 6.61 Å². The lowest BCUT2D eigenvalue weighted by atomic mass is 10.3. The average molecular weight is 285 g/mol. The van der Waals surface area contributed by atoms with E-state index >= 15 is 0 Å². The second-order valence-electron chi connectivity index (χ2n) is 4.21. The van der Waals surface area contributed by atoms with E-state index in [1.165, 1.54) is 0 Å². The average Bonchev–Trinajstić information content (AvgIpc) is 2.73. The molecule has 0 aromatic carbocycles. The Hall–Kier alpha value is -1.17. The van der Waals surface area contributed by atoms with Gasteiger partial charge in [0.1, 0.15) is 11.6 Å². The Kier molecular flexibility index (Phi) is 6.21. The lowest BCUT2D eigenvalue weighted by Gasteiger charge is -2.17. The molecule has 1 heterocycles. The number of thioether (sulfide) groups is 1. The molecule has 0 radical (unpaired) electrons. The van der Waals surface area contributed by atoms with Crippen LogP contribution in [0.5, 0.6) is 0 Å². The van der Waals surface area contributed by atoms with Crippen LogP contribution in [0.1, 0.15) is 50.0 Å². The van der Waals surface area contributed by atoms with E-state index in [2.05, 4.69) is 18.8 Å². The standard InChI is InChI=1S/C13H23N3O2S/c1-5-10-15-11(13(17)18-6-2)12(14)16(10)9(4)8-19-7-3/h9H,5-8,14H2,1-4H3. The largest absolute Gasteiger partial charge is 0.461 e. The number of nitrogen functional groups attached to an aromatic ring is 1. The summed E-state index contributed by atoms with van der Waals surface area (Å²) in [5, 5.41) is 0. The molecular formula is C13H23N3O2S. The molecule has 1 aromatic rings. The van der Waals surface area contributed by atoms with Crippen molar-refractivity contribution >= 4 is 23.5 Å². The number of hydrogen-bond acceptors (Lipinski definition) is 5. The highest BCUT2D eigenvalue weighted by atomic mass is 32.2. The molecule has 0 fully saturated rings. The van der Waals surface area contributed by atoms with Gasteiger partial charge in [0.15, 0.2) is 5.69 Å². The maximum atomic E-state index is 11.8. The summed E-state index contributed by atoms with van der Waals surface area (Å²) < 4.78 is 6.94. The van der Waals surface area contributed by atoms with E-state index in [4.69, 9.17) is 10.5 Å². The Morgan fingerprint density at radius 1 is 1.47 bits per heavy atom. The molecule has 0 saturated heterocycles. The number of carbonyl (C=O) groups is 1. The van der Waals surface area contributed by atoms with Crippen molar-refractivity contribution in [2.24, 2.45) is 0 Å². The number of rotatable bonds is 7. The second kappa shape index (κ2) is 7.43. The Morgan fingerprint density at radius 2 is 2.16 bits per heavy atom. The molecule has 2 N–H and O–H groups in total. The van der Waals surface area contributed by atoms with Crippen molar-refractivity contribution in [1.82, 2.24) is 9.55 Å². The molecule has 1 atom stereocenters. The first-order valence-electron chi connectivity index (χ1n) is 6.68. The van der Waals surface area contributed by atoms with Gasteiger partial charge in [-0.2, -0.15) is 11.8 Å². The van der Waals surface area contributed by atoms with Crippen molar-refractivity contribution in [3.63, 3.8) is 0 Å². The Labute approximate surface area is 118 Å². The third kappa shape index (κ3) is 3.65. The van der Waals surface area contributed by atoms with Crippen LogP contribution in [-0.2, 0) is 11.2 Å². The molecule has 0 amide bonds. The lowest BCUT2D eigenvalue weighted by molar-refractivity contribution is 0.0521. The molecule has 19 heavy (non-hydrogen) atoms. The molecule has 5 nitrogen and oxygen atoms in total. The first-order chi connectivity index (χ1) is 9.06. The highest BCUT2D eigenvalue weighted by molar-refractivity contribution is 7.99. The smallest absolute Gasteiger partial charge is 0.360 e. The zero-order chi connectivity index (χ0) is 14.4. The molecule has 0 aliphatic heterocycles. The quantitative estimate of drug-likeness (QED) is 0.779. The third-order valence-corrected chi connectivity index (χ3v) is 3.94. The molecular weight excluding hydrogens is 262 g/mol. The predicted octanol–water partition coefficient (Wildman–Crippen LogP) is 2.52. The fourth-order valence-electron chi connectivity index (χ4n) is 1.95. The fraction of sp³-hybridized carbons (Fsp3) is 0.692. The van der Waals surface area contributed by atoms with Crippen molar-refractivity contribution in [2.45, 2.75) is 40.2 Å². The minimum absolute atomic E-state index is 0.218. The molecule has 0 bridgehead atoms. The monoisotopic (exact) mass is 285 g/mol. The fourth-order valence-corrected chi connectivity index (χ4v) is 2.67. The second-order valence-corrected chi connectivity index (χ2v) is 5.53. The number of nitrogens with zero attached hydrogens (tertiary/aromatic N) is 2. The van der Waals surface area contributed by atoms with E-state index in [-0.39, 0.29) is 11.7 Å². The number of nitrogens with two attached hydrogens (primary N) is 1. The highest BCUT2D eigenvalue weighted by Crippen LogP contribution is 2.24. The normalized spacial score (nSPS) is 12.4. The summed E-state index contributed by atoms with van der Waals surface area (Å²) in [6.45, 7) is 8.32. The summed E-state index contributed by atoms with van der Waals surface area (Å²) in [6, 6.07) is 0.218. The highest BCUT2D eigenvalue weighted by Gasteiger charge is 2.23. The molecule has 0 spiro atoms. The summed E-state index contributed by atoms with van der Waals surface area (Å²) in [5.41, 5.74) is 6.32. The number of esters is 1. The van der Waals surface area contributed by atoms with Gasteiger partial charge in [0, 0.05) is 18.2 Å². The summed E-state index contributed by atoms with van der Waals surface area (Å²) in [6.07, 6.45) is 0.741. The van der Waals surface area contributed by atoms with E-state index in [0.717, 1.165) is 23.8 Å². The number of ether oxygens (including phenoxy) is 1. The van der Waals surface area contributed by atoms with Crippen LogP contribution in [0, 0.1) is 0 Å². The van der Waals surface area contributed by atoms with Gasteiger partial charge in [-0.25, -0.2) is 9.78 Å². The Morgan fingerprint density at radius 3 is 2.68 bits per heavy atom. The maximum absolute atomic E-state index is 11.8. The number of aryl methyl sites for hydroxylation is 1. The zero-order valence-corrected chi connectivity index (χ0v) is 12.9. The van der Waals surface area contributed by atoms with Gasteiger partial charge in [0.25, 0.3) is 0 Å². The first kappa shape index (κ1) is 15.9. The van der Waals surface area contributed by atoms with Gasteiger partial charge in [0.2, 0.25) is 0 Å². The Bertz CT molecular complexity index is 432. The molecule has 6 heteroatoms. The van der Waals surface area contributed by atoms with Crippen LogP contribution in [0.25, 0.3) is 0 Å². The van der Waals surface area contributed by atoms with Crippen LogP contribution < -0.4 is 5.73 Å². The summed E-state index contributed by atoms with van der Waals surface area (Å²) >= 11 is 1.85. The minimum atomic E-state index is -0.441. The van der Waals surface area contributed by atoms with Gasteiger partial charge in [-0.3, -0.25) is 0 Å². The van der Waals surface area contributed by atoms with Crippen LogP contribution in [0.4, 0.5) is 5.82 Å². The minimum Gasteiger partial charge on any atom is -0.461 e. The van der Waals surface area contributed by atoms with Crippen LogP contribution in [0.3, 0.4) is 0 Å². The SMILES string of the molecule is CCOC(=O)c1nc(CC)n(C(C)CSCC)c1N. The summed E-state index contributed by atoms with van der Waals surface area (Å²) in [7, 11) is 0. The lowest BCUT2D eigenvalue weighted by Crippen LogP contribution is -2.15.